The molecule has 1 aliphatic rings. The molecule has 1 saturated heterocycles. The number of ether oxygens (including phenoxy) is 2. The third-order valence-electron chi connectivity index (χ3n) is 6.22. The summed E-state index contributed by atoms with van der Waals surface area (Å²) in [5, 5.41) is 5.32. The zero-order chi connectivity index (χ0) is 26.3. The lowest BCUT2D eigenvalue weighted by atomic mass is 10.1. The van der Waals surface area contributed by atoms with Gasteiger partial charge in [0.05, 0.1) is 11.4 Å². The van der Waals surface area contributed by atoms with Gasteiger partial charge in [-0.25, -0.2) is 14.6 Å². The van der Waals surface area contributed by atoms with E-state index in [-0.39, 0.29) is 18.6 Å². The number of carbonyl (C=O) groups is 1. The summed E-state index contributed by atoms with van der Waals surface area (Å²) in [5.74, 6) is 7.62. The van der Waals surface area contributed by atoms with Gasteiger partial charge in [-0.2, -0.15) is 5.10 Å². The number of nitrogens with two attached hydrogens (primary N) is 1. The number of nitrogens with zero attached hydrogens (tertiary/aromatic N) is 6. The Kier molecular flexibility index (Phi) is 7.45. The molecule has 0 unspecified atom stereocenters. The Bertz CT molecular complexity index is 1510. The van der Waals surface area contributed by atoms with E-state index in [9.17, 15) is 4.79 Å². The number of hydrogen-bond acceptors (Lipinski definition) is 8. The molecule has 0 radical (unpaired) electrons. The number of anilines is 1. The summed E-state index contributed by atoms with van der Waals surface area (Å²) < 4.78 is 13.5. The van der Waals surface area contributed by atoms with Crippen LogP contribution < -0.4 is 15.2 Å². The predicted molar refractivity (Wildman–Crippen MR) is 142 cm³/mol. The molecule has 0 spiro atoms. The second-order valence-corrected chi connectivity index (χ2v) is 8.74. The van der Waals surface area contributed by atoms with Crippen LogP contribution in [0.2, 0.25) is 0 Å². The quantitative estimate of drug-likeness (QED) is 0.298. The van der Waals surface area contributed by atoms with E-state index >= 15 is 0 Å². The van der Waals surface area contributed by atoms with Gasteiger partial charge in [0.1, 0.15) is 42.6 Å². The predicted octanol–water partition coefficient (Wildman–Crippen LogP) is 3.16. The van der Waals surface area contributed by atoms with Crippen LogP contribution in [-0.2, 0) is 11.4 Å². The summed E-state index contributed by atoms with van der Waals surface area (Å²) in [5.41, 5.74) is 8.28. The van der Waals surface area contributed by atoms with Crippen LogP contribution in [0.3, 0.4) is 0 Å². The standard InChI is InChI=1S/C28H27N7O3/c1-2-25(36)34-14-4-6-21(17-34)35-28-26(27(29)31-19-32-28)24(33-35)9-5-15-37-22-7-3-8-23(16-22)38-18-20-10-12-30-13-11-20/h2-3,7-8,10-13,16,19,21H,1,4,6,14-15,17-18H2,(H2,29,31,32)/t21-/m1/s1. The van der Waals surface area contributed by atoms with Crippen LogP contribution in [-0.4, -0.2) is 55.2 Å². The summed E-state index contributed by atoms with van der Waals surface area (Å²) in [6, 6.07) is 11.2. The van der Waals surface area contributed by atoms with Crippen molar-refractivity contribution in [2.75, 3.05) is 25.4 Å². The fraction of sp³-hybridized carbons (Fsp3) is 0.250. The monoisotopic (exact) mass is 509 g/mol. The maximum atomic E-state index is 12.2. The maximum absolute atomic E-state index is 12.2. The summed E-state index contributed by atoms with van der Waals surface area (Å²) in [6.07, 6.45) is 7.93. The lowest BCUT2D eigenvalue weighted by Gasteiger charge is -2.32. The highest BCUT2D eigenvalue weighted by atomic mass is 16.5. The van der Waals surface area contributed by atoms with Gasteiger partial charge in [-0.3, -0.25) is 9.78 Å². The first-order valence-electron chi connectivity index (χ1n) is 12.3. The smallest absolute Gasteiger partial charge is 0.246 e. The molecule has 4 heterocycles. The number of pyridine rings is 1. The van der Waals surface area contributed by atoms with Crippen LogP contribution in [0, 0.1) is 11.8 Å². The number of aromatic nitrogens is 5. The second-order valence-electron chi connectivity index (χ2n) is 8.74. The van der Waals surface area contributed by atoms with Crippen molar-refractivity contribution in [3.63, 3.8) is 0 Å². The molecule has 10 nitrogen and oxygen atoms in total. The van der Waals surface area contributed by atoms with Crippen molar-refractivity contribution < 1.29 is 14.3 Å². The van der Waals surface area contributed by atoms with Crippen molar-refractivity contribution >= 4 is 22.8 Å². The third-order valence-corrected chi connectivity index (χ3v) is 6.22. The molecule has 1 atom stereocenters. The number of hydrogen-bond donors (Lipinski definition) is 1. The fourth-order valence-electron chi connectivity index (χ4n) is 4.36. The number of nitrogen functional groups attached to an aromatic ring is 1. The SMILES string of the molecule is C=CC(=O)N1CCC[C@@H](n2nc(C#CCOc3cccc(OCc4ccncc4)c3)c3c(N)ncnc32)C1. The van der Waals surface area contributed by atoms with Crippen molar-refractivity contribution in [2.24, 2.45) is 0 Å². The van der Waals surface area contributed by atoms with Crippen molar-refractivity contribution in [3.05, 3.63) is 79.0 Å². The minimum Gasteiger partial charge on any atom is -0.489 e. The topological polar surface area (TPSA) is 121 Å². The molecule has 1 aromatic carbocycles. The molecule has 0 bridgehead atoms. The van der Waals surface area contributed by atoms with Gasteiger partial charge in [0, 0.05) is 31.5 Å². The molecular formula is C28H27N7O3. The minimum absolute atomic E-state index is 0.0499. The molecule has 0 saturated carbocycles. The van der Waals surface area contributed by atoms with Crippen LogP contribution in [0.4, 0.5) is 5.82 Å². The number of carbonyl (C=O) groups excluding carboxylic acids is 1. The molecule has 3 aromatic heterocycles. The Morgan fingerprint density at radius 2 is 2.00 bits per heavy atom. The average Bonchev–Trinajstić information content (AvgIpc) is 3.34. The zero-order valence-electron chi connectivity index (χ0n) is 20.8. The Hall–Kier alpha value is -4.91. The first-order valence-corrected chi connectivity index (χ1v) is 12.3. The molecule has 1 aliphatic heterocycles. The molecule has 0 aliphatic carbocycles. The molecule has 192 valence electrons. The van der Waals surface area contributed by atoms with E-state index in [2.05, 4.69) is 33.4 Å². The molecule has 4 aromatic rings. The molecule has 1 fully saturated rings. The second kappa shape index (κ2) is 11.4. The van der Waals surface area contributed by atoms with Gasteiger partial charge in [0.25, 0.3) is 0 Å². The van der Waals surface area contributed by atoms with Gasteiger partial charge in [0.15, 0.2) is 5.65 Å². The van der Waals surface area contributed by atoms with E-state index in [1.165, 1.54) is 12.4 Å². The zero-order valence-corrected chi connectivity index (χ0v) is 20.8. The van der Waals surface area contributed by atoms with Crippen LogP contribution >= 0.6 is 0 Å². The van der Waals surface area contributed by atoms with Gasteiger partial charge < -0.3 is 20.1 Å². The number of rotatable bonds is 7. The van der Waals surface area contributed by atoms with Gasteiger partial charge in [-0.15, -0.1) is 0 Å². The first kappa shape index (κ1) is 24.8. The molecule has 38 heavy (non-hydrogen) atoms. The summed E-state index contributed by atoms with van der Waals surface area (Å²) in [7, 11) is 0. The fourth-order valence-corrected chi connectivity index (χ4v) is 4.36. The van der Waals surface area contributed by atoms with Gasteiger partial charge in [-0.05, 0) is 54.7 Å². The lowest BCUT2D eigenvalue weighted by Crippen LogP contribution is -2.40. The molecule has 10 heteroatoms. The van der Waals surface area contributed by atoms with E-state index in [0.29, 0.717) is 53.7 Å². The highest BCUT2D eigenvalue weighted by molar-refractivity contribution is 5.90. The Balaban J connectivity index is 1.29. The number of benzene rings is 1. The molecular weight excluding hydrogens is 482 g/mol. The van der Waals surface area contributed by atoms with E-state index in [0.717, 1.165) is 18.4 Å². The Labute approximate surface area is 220 Å². The summed E-state index contributed by atoms with van der Waals surface area (Å²) >= 11 is 0. The van der Waals surface area contributed by atoms with E-state index in [1.54, 1.807) is 17.3 Å². The van der Waals surface area contributed by atoms with E-state index in [1.807, 2.05) is 41.1 Å². The number of piperidine rings is 1. The van der Waals surface area contributed by atoms with E-state index in [4.69, 9.17) is 20.3 Å². The lowest BCUT2D eigenvalue weighted by molar-refractivity contribution is -0.127. The van der Waals surface area contributed by atoms with Crippen LogP contribution in [0.25, 0.3) is 11.0 Å². The highest BCUT2D eigenvalue weighted by Gasteiger charge is 2.27. The number of fused-ring (bicyclic) bond motifs is 1. The maximum Gasteiger partial charge on any atom is 0.246 e. The summed E-state index contributed by atoms with van der Waals surface area (Å²) in [6.45, 7) is 5.38. The van der Waals surface area contributed by atoms with Crippen molar-refractivity contribution in [3.8, 4) is 23.3 Å². The highest BCUT2D eigenvalue weighted by Crippen LogP contribution is 2.28. The molecule has 2 N–H and O–H groups in total. The molecule has 5 rings (SSSR count). The van der Waals surface area contributed by atoms with Crippen LogP contribution in [0.15, 0.2) is 67.8 Å². The van der Waals surface area contributed by atoms with Crippen molar-refractivity contribution in [1.29, 1.82) is 0 Å². The number of likely N-dealkylation sites (tertiary alicyclic amines) is 1. The molecule has 1 amide bonds. The first-order chi connectivity index (χ1) is 18.6. The normalized spacial score (nSPS) is 14.9. The largest absolute Gasteiger partial charge is 0.489 e. The third kappa shape index (κ3) is 5.57. The Morgan fingerprint density at radius 3 is 2.82 bits per heavy atom. The van der Waals surface area contributed by atoms with E-state index < -0.39 is 0 Å². The van der Waals surface area contributed by atoms with Crippen LogP contribution in [0.5, 0.6) is 11.5 Å². The van der Waals surface area contributed by atoms with Crippen molar-refractivity contribution in [1.82, 2.24) is 29.6 Å². The number of amides is 1. The van der Waals surface area contributed by atoms with Gasteiger partial charge in [-0.1, -0.05) is 18.6 Å². The van der Waals surface area contributed by atoms with Gasteiger partial charge in [0.2, 0.25) is 5.91 Å². The Morgan fingerprint density at radius 1 is 1.18 bits per heavy atom. The minimum atomic E-state index is -0.0932. The van der Waals surface area contributed by atoms with Crippen molar-refractivity contribution in [2.45, 2.75) is 25.5 Å². The average molecular weight is 510 g/mol. The van der Waals surface area contributed by atoms with Gasteiger partial charge >= 0.3 is 0 Å². The van der Waals surface area contributed by atoms with Crippen LogP contribution in [0.1, 0.15) is 30.1 Å². The summed E-state index contributed by atoms with van der Waals surface area (Å²) in [4.78, 5) is 26.5.